The highest BCUT2D eigenvalue weighted by Gasteiger charge is 2.21. The van der Waals surface area contributed by atoms with E-state index < -0.39 is 0 Å². The first-order valence-electron chi connectivity index (χ1n) is 6.62. The van der Waals surface area contributed by atoms with Gasteiger partial charge in [-0.15, -0.1) is 11.3 Å². The van der Waals surface area contributed by atoms with E-state index in [0.717, 1.165) is 0 Å². The van der Waals surface area contributed by atoms with Gasteiger partial charge in [0.05, 0.1) is 13.2 Å². The molecule has 7 heteroatoms. The number of nitrogens with zero attached hydrogens (tertiary/aromatic N) is 4. The normalized spacial score (nSPS) is 12.8. The number of hydrogen-bond acceptors (Lipinski definition) is 6. The molecule has 2 N–H and O–H groups in total. The summed E-state index contributed by atoms with van der Waals surface area (Å²) in [6.07, 6.45) is 1.47. The van der Waals surface area contributed by atoms with Gasteiger partial charge < -0.3 is 10.5 Å². The molecule has 0 aliphatic heterocycles. The smallest absolute Gasteiger partial charge is 0.245 e. The van der Waals surface area contributed by atoms with Gasteiger partial charge in [-0.25, -0.2) is 9.97 Å². The van der Waals surface area contributed by atoms with Crippen molar-refractivity contribution in [3.63, 3.8) is 0 Å². The number of hydrogen-bond donors (Lipinski definition) is 1. The zero-order valence-electron chi connectivity index (χ0n) is 12.4. The Morgan fingerprint density at radius 1 is 1.33 bits per heavy atom. The van der Waals surface area contributed by atoms with Crippen molar-refractivity contribution in [1.29, 1.82) is 0 Å². The monoisotopic (exact) mass is 303 g/mol. The van der Waals surface area contributed by atoms with E-state index in [1.165, 1.54) is 21.6 Å². The molecule has 0 fully saturated rings. The highest BCUT2D eigenvalue weighted by molar-refractivity contribution is 7.12. The molecule has 0 spiro atoms. The van der Waals surface area contributed by atoms with Crippen LogP contribution in [-0.4, -0.2) is 26.6 Å². The standard InChI is InChI=1S/C14H17N5OS/c1-7-5-10(9(3)21-7)8(2)19-12-11(18-14(19)15)13(20-4)17-6-16-12/h5-6,8H,1-4H3,(H2,15,18). The Morgan fingerprint density at radius 2 is 2.10 bits per heavy atom. The molecule has 3 aromatic rings. The van der Waals surface area contributed by atoms with Gasteiger partial charge in [-0.1, -0.05) is 0 Å². The third-order valence-electron chi connectivity index (χ3n) is 3.58. The van der Waals surface area contributed by atoms with Gasteiger partial charge in [-0.05, 0) is 32.4 Å². The Kier molecular flexibility index (Phi) is 3.29. The minimum atomic E-state index is 0.0551. The summed E-state index contributed by atoms with van der Waals surface area (Å²) in [5.74, 6) is 0.857. The second kappa shape index (κ2) is 5.00. The zero-order chi connectivity index (χ0) is 15.1. The van der Waals surface area contributed by atoms with Crippen LogP contribution in [0.2, 0.25) is 0 Å². The zero-order valence-corrected chi connectivity index (χ0v) is 13.2. The van der Waals surface area contributed by atoms with Crippen LogP contribution in [0.5, 0.6) is 5.88 Å². The van der Waals surface area contributed by atoms with E-state index in [9.17, 15) is 0 Å². The Hall–Kier alpha value is -2.15. The van der Waals surface area contributed by atoms with Crippen molar-refractivity contribution in [2.24, 2.45) is 0 Å². The van der Waals surface area contributed by atoms with Crippen molar-refractivity contribution in [3.8, 4) is 5.88 Å². The number of rotatable bonds is 3. The predicted octanol–water partition coefficient (Wildman–Crippen LogP) is 2.70. The topological polar surface area (TPSA) is 78.8 Å². The number of aryl methyl sites for hydroxylation is 2. The molecule has 21 heavy (non-hydrogen) atoms. The molecule has 1 unspecified atom stereocenters. The average Bonchev–Trinajstić information content (AvgIpc) is 2.96. The fourth-order valence-electron chi connectivity index (χ4n) is 2.64. The van der Waals surface area contributed by atoms with E-state index in [4.69, 9.17) is 10.5 Å². The summed E-state index contributed by atoms with van der Waals surface area (Å²) >= 11 is 1.78. The van der Waals surface area contributed by atoms with Gasteiger partial charge in [0.2, 0.25) is 11.8 Å². The van der Waals surface area contributed by atoms with Gasteiger partial charge in [0.15, 0.2) is 11.2 Å². The molecule has 1 atom stereocenters. The number of anilines is 1. The van der Waals surface area contributed by atoms with Crippen LogP contribution in [0.3, 0.4) is 0 Å². The van der Waals surface area contributed by atoms with Gasteiger partial charge in [0.1, 0.15) is 6.33 Å². The van der Waals surface area contributed by atoms with E-state index >= 15 is 0 Å². The van der Waals surface area contributed by atoms with Crippen molar-refractivity contribution in [3.05, 3.63) is 27.7 Å². The summed E-state index contributed by atoms with van der Waals surface area (Å²) in [5, 5.41) is 0. The van der Waals surface area contributed by atoms with Crippen LogP contribution in [0.1, 0.15) is 28.3 Å². The maximum absolute atomic E-state index is 6.10. The third-order valence-corrected chi connectivity index (χ3v) is 4.56. The summed E-state index contributed by atoms with van der Waals surface area (Å²) in [7, 11) is 1.56. The van der Waals surface area contributed by atoms with Crippen LogP contribution in [-0.2, 0) is 0 Å². The molecule has 6 nitrogen and oxygen atoms in total. The summed E-state index contributed by atoms with van der Waals surface area (Å²) in [6.45, 7) is 6.32. The maximum atomic E-state index is 6.10. The molecule has 0 radical (unpaired) electrons. The van der Waals surface area contributed by atoms with Crippen molar-refractivity contribution < 1.29 is 4.74 Å². The molecule has 0 saturated heterocycles. The highest BCUT2D eigenvalue weighted by atomic mass is 32.1. The van der Waals surface area contributed by atoms with Gasteiger partial charge >= 0.3 is 0 Å². The number of imidazole rings is 1. The minimum absolute atomic E-state index is 0.0551. The fraction of sp³-hybridized carbons (Fsp3) is 0.357. The van der Waals surface area contributed by atoms with Gasteiger partial charge in [0, 0.05) is 9.75 Å². The number of thiophene rings is 1. The lowest BCUT2D eigenvalue weighted by molar-refractivity contribution is 0.401. The number of nitrogens with two attached hydrogens (primary N) is 1. The lowest BCUT2D eigenvalue weighted by atomic mass is 10.1. The first-order chi connectivity index (χ1) is 10.0. The van der Waals surface area contributed by atoms with Crippen molar-refractivity contribution in [2.45, 2.75) is 26.8 Å². The Morgan fingerprint density at radius 3 is 2.71 bits per heavy atom. The quantitative estimate of drug-likeness (QED) is 0.804. The summed E-state index contributed by atoms with van der Waals surface area (Å²) in [6, 6.07) is 2.24. The molecular formula is C14H17N5OS. The average molecular weight is 303 g/mol. The van der Waals surface area contributed by atoms with E-state index in [1.54, 1.807) is 18.4 Å². The lowest BCUT2D eigenvalue weighted by Crippen LogP contribution is -2.11. The summed E-state index contributed by atoms with van der Waals surface area (Å²) < 4.78 is 7.15. The minimum Gasteiger partial charge on any atom is -0.479 e. The first kappa shape index (κ1) is 13.8. The summed E-state index contributed by atoms with van der Waals surface area (Å²) in [4.78, 5) is 15.3. The second-order valence-corrected chi connectivity index (χ2v) is 6.40. The molecule has 0 saturated carbocycles. The fourth-order valence-corrected chi connectivity index (χ4v) is 3.66. The number of ether oxygens (including phenoxy) is 1. The van der Waals surface area contributed by atoms with Crippen molar-refractivity contribution in [1.82, 2.24) is 19.5 Å². The van der Waals surface area contributed by atoms with Crippen LogP contribution in [0, 0.1) is 13.8 Å². The number of nitrogen functional groups attached to an aromatic ring is 1. The molecule has 0 aliphatic rings. The van der Waals surface area contributed by atoms with Crippen LogP contribution in [0.25, 0.3) is 11.2 Å². The highest BCUT2D eigenvalue weighted by Crippen LogP contribution is 2.33. The SMILES string of the molecule is COc1ncnc2c1nc(N)n2C(C)c1cc(C)sc1C. The largest absolute Gasteiger partial charge is 0.479 e. The van der Waals surface area contributed by atoms with Crippen LogP contribution >= 0.6 is 11.3 Å². The molecule has 3 rings (SSSR count). The number of aromatic nitrogens is 4. The molecule has 0 amide bonds. The third kappa shape index (κ3) is 2.13. The van der Waals surface area contributed by atoms with E-state index in [0.29, 0.717) is 23.0 Å². The van der Waals surface area contributed by atoms with Crippen LogP contribution in [0.15, 0.2) is 12.4 Å². The van der Waals surface area contributed by atoms with Crippen LogP contribution < -0.4 is 10.5 Å². The summed E-state index contributed by atoms with van der Waals surface area (Å²) in [5.41, 5.74) is 8.62. The molecule has 110 valence electrons. The van der Waals surface area contributed by atoms with Crippen molar-refractivity contribution >= 4 is 28.4 Å². The molecule has 0 aromatic carbocycles. The maximum Gasteiger partial charge on any atom is 0.245 e. The van der Waals surface area contributed by atoms with Crippen LogP contribution in [0.4, 0.5) is 5.95 Å². The molecule has 3 heterocycles. The Bertz CT molecular complexity index is 807. The van der Waals surface area contributed by atoms with Gasteiger partial charge in [0.25, 0.3) is 0 Å². The van der Waals surface area contributed by atoms with Crippen molar-refractivity contribution in [2.75, 3.05) is 12.8 Å². The number of methoxy groups -OCH3 is 1. The number of fused-ring (bicyclic) bond motifs is 1. The second-order valence-electron chi connectivity index (χ2n) is 4.94. The molecule has 0 aliphatic carbocycles. The molecule has 0 bridgehead atoms. The molecular weight excluding hydrogens is 286 g/mol. The van der Waals surface area contributed by atoms with Gasteiger partial charge in [-0.3, -0.25) is 4.57 Å². The Balaban J connectivity index is 2.20. The lowest BCUT2D eigenvalue weighted by Gasteiger charge is -2.15. The first-order valence-corrected chi connectivity index (χ1v) is 7.44. The van der Waals surface area contributed by atoms with E-state index in [1.807, 2.05) is 4.57 Å². The van der Waals surface area contributed by atoms with Gasteiger partial charge in [-0.2, -0.15) is 4.98 Å². The van der Waals surface area contributed by atoms with E-state index in [-0.39, 0.29) is 6.04 Å². The van der Waals surface area contributed by atoms with E-state index in [2.05, 4.69) is 41.8 Å². The Labute approximate surface area is 126 Å². The molecule has 3 aromatic heterocycles. The predicted molar refractivity (Wildman–Crippen MR) is 83.9 cm³/mol.